The molecule has 0 fully saturated rings. The van der Waals surface area contributed by atoms with Crippen LogP contribution in [-0.4, -0.2) is 23.3 Å². The van der Waals surface area contributed by atoms with Crippen LogP contribution in [-0.2, 0) is 13.0 Å². The summed E-state index contributed by atoms with van der Waals surface area (Å²) in [5.41, 5.74) is 2.62. The summed E-state index contributed by atoms with van der Waals surface area (Å²) < 4.78 is 5.64. The van der Waals surface area contributed by atoms with Gasteiger partial charge in [-0.05, 0) is 36.8 Å². The Morgan fingerprint density at radius 2 is 2.00 bits per heavy atom. The van der Waals surface area contributed by atoms with Crippen LogP contribution in [0.15, 0.2) is 52.0 Å². The normalized spacial score (nSPS) is 10.4. The molecule has 0 atom stereocenters. The summed E-state index contributed by atoms with van der Waals surface area (Å²) in [5.74, 6) is 2.90. The molecule has 0 spiro atoms. The molecule has 3 aromatic rings. The third kappa shape index (κ3) is 5.80. The van der Waals surface area contributed by atoms with Crippen molar-refractivity contribution in [3.8, 4) is 12.3 Å². The Labute approximate surface area is 163 Å². The molecule has 0 aliphatic rings. The number of hydrogen-bond acceptors (Lipinski definition) is 4. The number of benzene rings is 2. The van der Waals surface area contributed by atoms with Gasteiger partial charge in [0.05, 0.1) is 13.0 Å². The van der Waals surface area contributed by atoms with Crippen molar-refractivity contribution in [2.75, 3.05) is 7.05 Å². The third-order valence-corrected chi connectivity index (χ3v) is 3.88. The van der Waals surface area contributed by atoms with E-state index in [2.05, 4.69) is 22.4 Å². The fraction of sp³-hybridized carbons (Fsp3) is 0.200. The maximum atomic E-state index is 6.16. The van der Waals surface area contributed by atoms with Crippen molar-refractivity contribution in [3.63, 3.8) is 0 Å². The summed E-state index contributed by atoms with van der Waals surface area (Å²) in [6.45, 7) is 2.25. The van der Waals surface area contributed by atoms with E-state index in [0.29, 0.717) is 28.9 Å². The second kappa shape index (κ2) is 9.86. The predicted octanol–water partition coefficient (Wildman–Crippen LogP) is 5.43. The van der Waals surface area contributed by atoms with E-state index in [1.165, 1.54) is 0 Å². The average molecular weight is 388 g/mol. The first kappa shape index (κ1) is 19.8. The van der Waals surface area contributed by atoms with Crippen molar-refractivity contribution in [2.24, 2.45) is 5.10 Å². The predicted molar refractivity (Wildman–Crippen MR) is 109 cm³/mol. The van der Waals surface area contributed by atoms with Gasteiger partial charge in [-0.1, -0.05) is 41.4 Å². The maximum absolute atomic E-state index is 6.16. The largest absolute Gasteiger partial charge is 0.440 e. The van der Waals surface area contributed by atoms with Crippen molar-refractivity contribution in [1.82, 2.24) is 9.99 Å². The molecule has 0 unspecified atom stereocenters. The molecule has 0 N–H and O–H groups in total. The zero-order valence-electron chi connectivity index (χ0n) is 14.6. The summed E-state index contributed by atoms with van der Waals surface area (Å²) >= 11 is 12.1. The monoisotopic (exact) mass is 387 g/mol. The third-order valence-electron chi connectivity index (χ3n) is 3.30. The number of aromatic nitrogens is 1. The molecule has 0 saturated carbocycles. The lowest BCUT2D eigenvalue weighted by atomic mass is 10.2. The van der Waals surface area contributed by atoms with Crippen molar-refractivity contribution < 1.29 is 4.42 Å². The van der Waals surface area contributed by atoms with Crippen molar-refractivity contribution in [2.45, 2.75) is 19.9 Å². The quantitative estimate of drug-likeness (QED) is 0.332. The molecule has 0 bridgehead atoms. The highest BCUT2D eigenvalue weighted by atomic mass is 35.5. The molecule has 0 aliphatic carbocycles. The maximum Gasteiger partial charge on any atom is 0.200 e. The van der Waals surface area contributed by atoms with Crippen LogP contribution in [0.4, 0.5) is 0 Å². The molecule has 4 nitrogen and oxygen atoms in total. The number of para-hydroxylation sites is 2. The minimum Gasteiger partial charge on any atom is -0.440 e. The zero-order valence-corrected chi connectivity index (χ0v) is 16.1. The molecule has 2 aromatic carbocycles. The first-order valence-electron chi connectivity index (χ1n) is 7.92. The summed E-state index contributed by atoms with van der Waals surface area (Å²) in [6, 6.07) is 13.1. The molecule has 0 saturated heterocycles. The lowest BCUT2D eigenvalue weighted by Crippen LogP contribution is -2.11. The lowest BCUT2D eigenvalue weighted by molar-refractivity contribution is 0.348. The van der Waals surface area contributed by atoms with Crippen LogP contribution in [0.2, 0.25) is 10.0 Å². The summed E-state index contributed by atoms with van der Waals surface area (Å²) in [5, 5.41) is 7.43. The molecule has 26 heavy (non-hydrogen) atoms. The number of fused-ring (bicyclic) bond motifs is 1. The van der Waals surface area contributed by atoms with E-state index >= 15 is 0 Å². The minimum absolute atomic E-state index is 0.535. The average Bonchev–Trinajstić information content (AvgIpc) is 3.01. The molecular weight excluding hydrogens is 369 g/mol. The second-order valence-electron chi connectivity index (χ2n) is 5.42. The van der Waals surface area contributed by atoms with Crippen LogP contribution in [0.3, 0.4) is 0 Å². The fourth-order valence-electron chi connectivity index (χ4n) is 2.20. The Bertz CT molecular complexity index is 895. The zero-order chi connectivity index (χ0) is 18.9. The molecule has 3 rings (SSSR count). The van der Waals surface area contributed by atoms with Gasteiger partial charge in [0.1, 0.15) is 5.52 Å². The topological polar surface area (TPSA) is 41.6 Å². The molecule has 0 amide bonds. The first-order chi connectivity index (χ1) is 12.5. The van der Waals surface area contributed by atoms with Gasteiger partial charge in [-0.3, -0.25) is 5.01 Å². The Morgan fingerprint density at radius 1 is 1.27 bits per heavy atom. The number of oxazole rings is 1. The van der Waals surface area contributed by atoms with Gasteiger partial charge in [-0.25, -0.2) is 4.98 Å². The second-order valence-corrected chi connectivity index (χ2v) is 6.26. The molecular formula is C20H19Cl2N3O. The Morgan fingerprint density at radius 3 is 2.69 bits per heavy atom. The van der Waals surface area contributed by atoms with E-state index in [1.807, 2.05) is 43.4 Å². The molecule has 6 heteroatoms. The summed E-state index contributed by atoms with van der Waals surface area (Å²) in [4.78, 5) is 4.41. The van der Waals surface area contributed by atoms with Crippen LogP contribution in [0.5, 0.6) is 0 Å². The van der Waals surface area contributed by atoms with Crippen LogP contribution < -0.4 is 0 Å². The van der Waals surface area contributed by atoms with E-state index in [4.69, 9.17) is 27.6 Å². The van der Waals surface area contributed by atoms with E-state index in [-0.39, 0.29) is 0 Å². The standard InChI is InChI=1S/C17H15Cl2N3O.C3H4/c1-22(11-12-6-7-13(18)10-14(12)19)20-9-8-17-21-15-4-2-3-5-16(15)23-17;1-3-2/h2-7,9-10H,8,11H2,1H3;1H,2H3/b20-9-;. The van der Waals surface area contributed by atoms with E-state index in [0.717, 1.165) is 16.7 Å². The van der Waals surface area contributed by atoms with Crippen molar-refractivity contribution >= 4 is 40.5 Å². The van der Waals surface area contributed by atoms with Crippen LogP contribution >= 0.6 is 23.2 Å². The number of nitrogens with zero attached hydrogens (tertiary/aromatic N) is 3. The number of rotatable bonds is 5. The SMILES string of the molecule is C#CC.CN(Cc1ccc(Cl)cc1Cl)/N=C\Cc1nc2ccccc2o1. The van der Waals surface area contributed by atoms with Crippen LogP contribution in [0, 0.1) is 12.3 Å². The molecule has 1 heterocycles. The van der Waals surface area contributed by atoms with Gasteiger partial charge in [0, 0.05) is 23.3 Å². The smallest absolute Gasteiger partial charge is 0.200 e. The number of halogens is 2. The van der Waals surface area contributed by atoms with Crippen LogP contribution in [0.25, 0.3) is 11.1 Å². The van der Waals surface area contributed by atoms with E-state index in [9.17, 15) is 0 Å². The van der Waals surface area contributed by atoms with Gasteiger partial charge in [0.15, 0.2) is 5.58 Å². The minimum atomic E-state index is 0.535. The molecule has 134 valence electrons. The van der Waals surface area contributed by atoms with Gasteiger partial charge < -0.3 is 4.42 Å². The lowest BCUT2D eigenvalue weighted by Gasteiger charge is -2.13. The highest BCUT2D eigenvalue weighted by molar-refractivity contribution is 6.35. The van der Waals surface area contributed by atoms with E-state index in [1.54, 1.807) is 24.2 Å². The van der Waals surface area contributed by atoms with Gasteiger partial charge in [0.2, 0.25) is 5.89 Å². The van der Waals surface area contributed by atoms with Crippen LogP contribution in [0.1, 0.15) is 18.4 Å². The van der Waals surface area contributed by atoms with E-state index < -0.39 is 0 Å². The Balaban J connectivity index is 0.000000758. The molecule has 1 aromatic heterocycles. The van der Waals surface area contributed by atoms with Gasteiger partial charge in [-0.15, -0.1) is 12.3 Å². The number of terminal acetylenes is 1. The highest BCUT2D eigenvalue weighted by Crippen LogP contribution is 2.22. The fourth-order valence-corrected chi connectivity index (χ4v) is 2.67. The molecule has 0 radical (unpaired) electrons. The number of hydrogen-bond donors (Lipinski definition) is 0. The summed E-state index contributed by atoms with van der Waals surface area (Å²) in [6.07, 6.45) is 6.90. The first-order valence-corrected chi connectivity index (χ1v) is 8.68. The van der Waals surface area contributed by atoms with Crippen molar-refractivity contribution in [1.29, 1.82) is 0 Å². The Kier molecular flexibility index (Phi) is 7.53. The van der Waals surface area contributed by atoms with Crippen molar-refractivity contribution in [3.05, 3.63) is 64.0 Å². The Hall–Kier alpha value is -2.48. The molecule has 0 aliphatic heterocycles. The van der Waals surface area contributed by atoms with Gasteiger partial charge in [-0.2, -0.15) is 5.10 Å². The van der Waals surface area contributed by atoms with Gasteiger partial charge in [0.25, 0.3) is 0 Å². The highest BCUT2D eigenvalue weighted by Gasteiger charge is 2.05. The summed E-state index contributed by atoms with van der Waals surface area (Å²) in [7, 11) is 1.88. The van der Waals surface area contributed by atoms with Gasteiger partial charge >= 0.3 is 0 Å². The number of hydrazone groups is 1.